The molecule has 3 heteroatoms. The maximum atomic E-state index is 11.7. The van der Waals surface area contributed by atoms with Crippen LogP contribution in [0.25, 0.3) is 0 Å². The normalized spacial score (nSPS) is 20.3. The topological polar surface area (TPSA) is 39.9 Å². The molecule has 0 radical (unpaired) electrons. The summed E-state index contributed by atoms with van der Waals surface area (Å²) >= 11 is 0. The Bertz CT molecular complexity index is 358. The van der Waals surface area contributed by atoms with Gasteiger partial charge in [0.05, 0.1) is 0 Å². The van der Waals surface area contributed by atoms with Crippen molar-refractivity contribution in [3.8, 4) is 0 Å². The van der Waals surface area contributed by atoms with Crippen LogP contribution in [0.15, 0.2) is 29.3 Å². The third-order valence-corrected chi connectivity index (χ3v) is 2.17. The van der Waals surface area contributed by atoms with E-state index in [9.17, 15) is 5.21 Å². The lowest BCUT2D eigenvalue weighted by atomic mass is 10.2. The lowest BCUT2D eigenvalue weighted by Crippen LogP contribution is -3.04. The number of benzene rings is 1. The quantitative estimate of drug-likeness (QED) is 0.645. The molecule has 0 saturated heterocycles. The summed E-state index contributed by atoms with van der Waals surface area (Å²) in [4.78, 5) is 4.30. The van der Waals surface area contributed by atoms with Crippen molar-refractivity contribution in [2.45, 2.75) is 13.8 Å². The molecule has 0 aromatic heterocycles. The van der Waals surface area contributed by atoms with Crippen LogP contribution >= 0.6 is 0 Å². The van der Waals surface area contributed by atoms with E-state index in [4.69, 9.17) is 0 Å². The van der Waals surface area contributed by atoms with Crippen molar-refractivity contribution in [2.75, 3.05) is 0 Å². The standard InChI is InChI=1S/C10H12N2O/c1-7(2)10-11-8-5-3-4-6-9(8)12(10)13/h3-7,12H,1-2H3. The number of nitrogens with one attached hydrogen (secondary N) is 1. The van der Waals surface area contributed by atoms with Gasteiger partial charge in [-0.05, 0) is 6.07 Å². The Kier molecular flexibility index (Phi) is 1.90. The fourth-order valence-electron chi connectivity index (χ4n) is 1.47. The van der Waals surface area contributed by atoms with Gasteiger partial charge in [0, 0.05) is 12.0 Å². The van der Waals surface area contributed by atoms with Crippen molar-refractivity contribution in [1.29, 1.82) is 0 Å². The number of rotatable bonds is 1. The molecule has 0 aliphatic carbocycles. The molecule has 13 heavy (non-hydrogen) atoms. The van der Waals surface area contributed by atoms with Crippen LogP contribution in [0.2, 0.25) is 0 Å². The minimum Gasteiger partial charge on any atom is -0.622 e. The second-order valence-electron chi connectivity index (χ2n) is 3.50. The predicted molar refractivity (Wildman–Crippen MR) is 52.4 cm³/mol. The molecule has 0 fully saturated rings. The minimum absolute atomic E-state index is 0.0885. The molecule has 68 valence electrons. The van der Waals surface area contributed by atoms with Crippen molar-refractivity contribution in [1.82, 2.24) is 0 Å². The molecule has 1 aliphatic rings. The largest absolute Gasteiger partial charge is 0.622 e. The van der Waals surface area contributed by atoms with Crippen molar-refractivity contribution < 1.29 is 5.06 Å². The van der Waals surface area contributed by atoms with E-state index in [0.717, 1.165) is 11.4 Å². The molecule has 0 bridgehead atoms. The Labute approximate surface area is 77.3 Å². The zero-order valence-electron chi connectivity index (χ0n) is 7.74. The first-order valence-corrected chi connectivity index (χ1v) is 4.42. The number of para-hydroxylation sites is 2. The smallest absolute Gasteiger partial charge is 0.209 e. The van der Waals surface area contributed by atoms with Gasteiger partial charge < -0.3 is 5.21 Å². The maximum Gasteiger partial charge on any atom is 0.209 e. The van der Waals surface area contributed by atoms with E-state index < -0.39 is 0 Å². The van der Waals surface area contributed by atoms with E-state index in [1.165, 1.54) is 0 Å². The zero-order chi connectivity index (χ0) is 9.42. The van der Waals surface area contributed by atoms with Crippen LogP contribution in [0.5, 0.6) is 0 Å². The summed E-state index contributed by atoms with van der Waals surface area (Å²) in [6.07, 6.45) is 0. The molecule has 1 unspecified atom stereocenters. The van der Waals surface area contributed by atoms with Gasteiger partial charge in [-0.15, -0.1) is 0 Å². The molecule has 1 N–H and O–H groups in total. The van der Waals surface area contributed by atoms with Gasteiger partial charge in [-0.1, -0.05) is 26.0 Å². The molecular weight excluding hydrogens is 164 g/mol. The van der Waals surface area contributed by atoms with Gasteiger partial charge in [0.1, 0.15) is 5.69 Å². The first-order valence-electron chi connectivity index (χ1n) is 4.42. The van der Waals surface area contributed by atoms with E-state index in [1.807, 2.05) is 38.1 Å². The van der Waals surface area contributed by atoms with Crippen LogP contribution in [0, 0.1) is 11.1 Å². The molecule has 0 saturated carbocycles. The van der Waals surface area contributed by atoms with E-state index in [1.54, 1.807) is 0 Å². The molecule has 1 heterocycles. The average Bonchev–Trinajstić information content (AvgIpc) is 2.45. The molecule has 3 nitrogen and oxygen atoms in total. The zero-order valence-corrected chi connectivity index (χ0v) is 7.74. The van der Waals surface area contributed by atoms with Gasteiger partial charge in [0.25, 0.3) is 0 Å². The molecule has 0 spiro atoms. The summed E-state index contributed by atoms with van der Waals surface area (Å²) in [6.45, 7) is 3.98. The third-order valence-electron chi connectivity index (χ3n) is 2.17. The maximum absolute atomic E-state index is 11.7. The second-order valence-corrected chi connectivity index (χ2v) is 3.50. The molecule has 2 rings (SSSR count). The van der Waals surface area contributed by atoms with Crippen molar-refractivity contribution in [3.05, 3.63) is 29.5 Å². The van der Waals surface area contributed by atoms with Crippen LogP contribution in [-0.2, 0) is 0 Å². The number of fused-ring (bicyclic) bond motifs is 1. The van der Waals surface area contributed by atoms with Gasteiger partial charge in [0.15, 0.2) is 5.69 Å². The fraction of sp³-hybridized carbons (Fsp3) is 0.300. The lowest BCUT2D eigenvalue weighted by molar-refractivity contribution is -0.667. The Morgan fingerprint density at radius 2 is 2.00 bits per heavy atom. The molecule has 1 aromatic carbocycles. The second kappa shape index (κ2) is 2.94. The van der Waals surface area contributed by atoms with E-state index in [2.05, 4.69) is 4.99 Å². The van der Waals surface area contributed by atoms with Crippen molar-refractivity contribution in [3.63, 3.8) is 0 Å². The van der Waals surface area contributed by atoms with E-state index in [-0.39, 0.29) is 11.0 Å². The highest BCUT2D eigenvalue weighted by Crippen LogP contribution is 2.25. The van der Waals surface area contributed by atoms with Crippen molar-refractivity contribution >= 4 is 17.2 Å². The molecule has 1 atom stereocenters. The number of aliphatic imine (C=N–C) groups is 1. The van der Waals surface area contributed by atoms with Crippen LogP contribution in [0.4, 0.5) is 11.4 Å². The lowest BCUT2D eigenvalue weighted by Gasteiger charge is -2.19. The van der Waals surface area contributed by atoms with Gasteiger partial charge in [-0.3, -0.25) is 5.06 Å². The highest BCUT2D eigenvalue weighted by molar-refractivity contribution is 5.87. The molecule has 1 aromatic rings. The van der Waals surface area contributed by atoms with Crippen LogP contribution in [-0.4, -0.2) is 5.84 Å². The van der Waals surface area contributed by atoms with Crippen LogP contribution in [0.1, 0.15) is 13.8 Å². The first kappa shape index (κ1) is 8.41. The fourth-order valence-corrected chi connectivity index (χ4v) is 1.47. The average molecular weight is 176 g/mol. The summed E-state index contributed by atoms with van der Waals surface area (Å²) in [6, 6.07) is 7.48. The van der Waals surface area contributed by atoms with Gasteiger partial charge in [-0.25, -0.2) is 0 Å². The van der Waals surface area contributed by atoms with Gasteiger partial charge in [-0.2, -0.15) is 4.99 Å². The number of nitrogens with zero attached hydrogens (tertiary/aromatic N) is 1. The van der Waals surface area contributed by atoms with E-state index in [0.29, 0.717) is 5.84 Å². The highest BCUT2D eigenvalue weighted by Gasteiger charge is 2.25. The Morgan fingerprint density at radius 1 is 1.31 bits per heavy atom. The minimum atomic E-state index is 0.0885. The first-order chi connectivity index (χ1) is 6.20. The predicted octanol–water partition coefficient (Wildman–Crippen LogP) is 1.40. The van der Waals surface area contributed by atoms with Crippen molar-refractivity contribution in [2.24, 2.45) is 10.9 Å². The Hall–Kier alpha value is -1.19. The monoisotopic (exact) mass is 176 g/mol. The number of hydrogen-bond donors (Lipinski definition) is 1. The Balaban J connectivity index is 2.44. The number of hydroxylamine groups is 1. The molecular formula is C10H12N2O. The molecule has 0 amide bonds. The Morgan fingerprint density at radius 3 is 2.62 bits per heavy atom. The van der Waals surface area contributed by atoms with Gasteiger partial charge in [0.2, 0.25) is 5.84 Å². The summed E-state index contributed by atoms with van der Waals surface area (Å²) in [5.41, 5.74) is 1.56. The van der Waals surface area contributed by atoms with Gasteiger partial charge >= 0.3 is 0 Å². The number of hydrogen-bond acceptors (Lipinski definition) is 2. The van der Waals surface area contributed by atoms with Crippen LogP contribution < -0.4 is 5.06 Å². The summed E-state index contributed by atoms with van der Waals surface area (Å²) < 4.78 is 0. The summed E-state index contributed by atoms with van der Waals surface area (Å²) in [5.74, 6) is 0.890. The van der Waals surface area contributed by atoms with E-state index >= 15 is 0 Å². The third kappa shape index (κ3) is 1.26. The SMILES string of the molecule is CC(C)C1=Nc2ccccc2[NH+]1[O-]. The summed E-state index contributed by atoms with van der Waals surface area (Å²) in [7, 11) is 0. The highest BCUT2D eigenvalue weighted by atomic mass is 16.5. The summed E-state index contributed by atoms with van der Waals surface area (Å²) in [5, 5.41) is 11.8. The molecule has 1 aliphatic heterocycles. The number of quaternary nitrogens is 1. The van der Waals surface area contributed by atoms with Crippen LogP contribution in [0.3, 0.4) is 0 Å². The number of amidine groups is 1.